The van der Waals surface area contributed by atoms with Crippen LogP contribution in [0.25, 0.3) is 0 Å². The fourth-order valence-corrected chi connectivity index (χ4v) is 3.91. The van der Waals surface area contributed by atoms with Crippen molar-refractivity contribution in [3.8, 4) is 5.75 Å². The van der Waals surface area contributed by atoms with Gasteiger partial charge in [0.25, 0.3) is 0 Å². The van der Waals surface area contributed by atoms with Crippen LogP contribution >= 0.6 is 0 Å². The van der Waals surface area contributed by atoms with Crippen molar-refractivity contribution in [1.82, 2.24) is 20.4 Å². The van der Waals surface area contributed by atoms with Gasteiger partial charge in [-0.2, -0.15) is 0 Å². The number of nitrogens with one attached hydrogen (secondary N) is 2. The third-order valence-electron chi connectivity index (χ3n) is 5.37. The molecule has 8 heteroatoms. The zero-order chi connectivity index (χ0) is 21.5. The van der Waals surface area contributed by atoms with Gasteiger partial charge in [0.1, 0.15) is 5.75 Å². The van der Waals surface area contributed by atoms with Crippen LogP contribution in [0.1, 0.15) is 31.9 Å². The Morgan fingerprint density at radius 2 is 1.93 bits per heavy atom. The van der Waals surface area contributed by atoms with Gasteiger partial charge < -0.3 is 25.0 Å². The molecule has 0 aromatic heterocycles. The Hall–Kier alpha value is -2.58. The van der Waals surface area contributed by atoms with Crippen LogP contribution in [0.3, 0.4) is 0 Å². The Morgan fingerprint density at radius 3 is 2.70 bits per heavy atom. The van der Waals surface area contributed by atoms with Gasteiger partial charge in [0.2, 0.25) is 0 Å². The van der Waals surface area contributed by atoms with E-state index in [2.05, 4.69) is 27.5 Å². The molecule has 1 saturated heterocycles. The lowest BCUT2D eigenvalue weighted by Crippen LogP contribution is -2.48. The van der Waals surface area contributed by atoms with Gasteiger partial charge in [-0.1, -0.05) is 18.2 Å². The van der Waals surface area contributed by atoms with Crippen LogP contribution in [-0.4, -0.2) is 74.8 Å². The second-order valence-electron chi connectivity index (χ2n) is 7.55. The van der Waals surface area contributed by atoms with Crippen LogP contribution in [0.2, 0.25) is 0 Å². The second-order valence-corrected chi connectivity index (χ2v) is 7.55. The molecule has 2 N–H and O–H groups in total. The molecule has 2 aliphatic rings. The molecule has 2 heterocycles. The summed E-state index contributed by atoms with van der Waals surface area (Å²) in [6, 6.07) is 6.50. The minimum atomic E-state index is -0.634. The maximum Gasteiger partial charge on any atom is 0.338 e. The molecule has 1 fully saturated rings. The van der Waals surface area contributed by atoms with Crippen molar-refractivity contribution >= 4 is 12.0 Å². The highest BCUT2D eigenvalue weighted by atomic mass is 16.5. The van der Waals surface area contributed by atoms with Gasteiger partial charge in [-0.25, -0.2) is 9.59 Å². The van der Waals surface area contributed by atoms with E-state index in [0.717, 1.165) is 38.2 Å². The average molecular weight is 417 g/mol. The van der Waals surface area contributed by atoms with E-state index in [4.69, 9.17) is 9.47 Å². The third kappa shape index (κ3) is 5.31. The van der Waals surface area contributed by atoms with Gasteiger partial charge in [0, 0.05) is 30.9 Å². The number of nitrogens with zero attached hydrogens (tertiary/aromatic N) is 2. The molecule has 0 bridgehead atoms. The number of amides is 2. The average Bonchev–Trinajstić information content (AvgIpc) is 2.92. The largest absolute Gasteiger partial charge is 0.494 e. The monoisotopic (exact) mass is 416 g/mol. The van der Waals surface area contributed by atoms with Crippen molar-refractivity contribution < 1.29 is 19.1 Å². The molecule has 0 radical (unpaired) electrons. The lowest BCUT2D eigenvalue weighted by atomic mass is 9.94. The highest BCUT2D eigenvalue weighted by Gasteiger charge is 2.35. The smallest absolute Gasteiger partial charge is 0.338 e. The van der Waals surface area contributed by atoms with Gasteiger partial charge in [-0.15, -0.1) is 0 Å². The number of likely N-dealkylation sites (N-methyl/N-ethyl adjacent to an activating group) is 1. The normalized spacial score (nSPS) is 20.9. The van der Waals surface area contributed by atoms with Crippen LogP contribution in [-0.2, 0) is 9.53 Å². The van der Waals surface area contributed by atoms with E-state index in [1.54, 1.807) is 6.92 Å². The number of hydrogen-bond acceptors (Lipinski definition) is 6. The number of carbonyl (C=O) groups excluding carboxylic acids is 2. The molecule has 1 aromatic rings. The van der Waals surface area contributed by atoms with Crippen LogP contribution in [0.15, 0.2) is 35.5 Å². The first-order valence-corrected chi connectivity index (χ1v) is 10.6. The first kappa shape index (κ1) is 22.1. The van der Waals surface area contributed by atoms with E-state index in [1.165, 1.54) is 0 Å². The third-order valence-corrected chi connectivity index (χ3v) is 5.37. The van der Waals surface area contributed by atoms with Crippen LogP contribution in [0.4, 0.5) is 4.79 Å². The van der Waals surface area contributed by atoms with Crippen molar-refractivity contribution in [2.24, 2.45) is 0 Å². The quantitative estimate of drug-likeness (QED) is 0.661. The van der Waals surface area contributed by atoms with Gasteiger partial charge in [0.05, 0.1) is 24.8 Å². The van der Waals surface area contributed by atoms with Gasteiger partial charge in [-0.05, 0) is 46.5 Å². The lowest BCUT2D eigenvalue weighted by Gasteiger charge is -2.32. The summed E-state index contributed by atoms with van der Waals surface area (Å²) in [6.07, 6.45) is 1.04. The maximum absolute atomic E-state index is 13.0. The van der Waals surface area contributed by atoms with Crippen molar-refractivity contribution in [3.05, 3.63) is 41.1 Å². The molecule has 2 amide bonds. The maximum atomic E-state index is 13.0. The molecule has 3 rings (SSSR count). The van der Waals surface area contributed by atoms with Crippen molar-refractivity contribution in [1.29, 1.82) is 0 Å². The molecule has 1 atom stereocenters. The molecular formula is C22H32N4O4. The summed E-state index contributed by atoms with van der Waals surface area (Å²) < 4.78 is 11.1. The summed E-state index contributed by atoms with van der Waals surface area (Å²) in [5.41, 5.74) is 1.77. The van der Waals surface area contributed by atoms with Gasteiger partial charge in [-0.3, -0.25) is 4.90 Å². The number of benzene rings is 1. The molecule has 1 unspecified atom stereocenters. The molecule has 8 nitrogen and oxygen atoms in total. The van der Waals surface area contributed by atoms with Crippen molar-refractivity contribution in [2.75, 3.05) is 53.0 Å². The summed E-state index contributed by atoms with van der Waals surface area (Å²) in [5.74, 6) is 0.216. The van der Waals surface area contributed by atoms with E-state index in [1.807, 2.05) is 31.2 Å². The Bertz CT molecular complexity index is 795. The fraction of sp³-hybridized carbons (Fsp3) is 0.545. The summed E-state index contributed by atoms with van der Waals surface area (Å²) in [7, 11) is 2.11. The topological polar surface area (TPSA) is 83.1 Å². The van der Waals surface area contributed by atoms with Crippen LogP contribution < -0.4 is 15.4 Å². The molecule has 30 heavy (non-hydrogen) atoms. The van der Waals surface area contributed by atoms with Gasteiger partial charge >= 0.3 is 12.0 Å². The molecule has 0 saturated carbocycles. The Labute approximate surface area is 178 Å². The number of ether oxygens (including phenoxy) is 2. The molecule has 164 valence electrons. The summed E-state index contributed by atoms with van der Waals surface area (Å²) >= 11 is 0. The Balaban J connectivity index is 1.99. The molecular weight excluding hydrogens is 384 g/mol. The Morgan fingerprint density at radius 1 is 1.13 bits per heavy atom. The number of para-hydroxylation sites is 1. The first-order valence-electron chi connectivity index (χ1n) is 10.6. The first-order chi connectivity index (χ1) is 14.5. The zero-order valence-electron chi connectivity index (χ0n) is 18.1. The standard InChI is InChI=1S/C22H32N4O4/c1-4-29-18-10-7-6-9-16(18)20-19(21(27)30-5-2)17(23-22(28)24-20)15-26-12-8-11-25(3)13-14-26/h6-7,9-10,20H,4-5,8,11-15H2,1-3H3,(H2,23,24,28). The molecule has 0 aliphatic carbocycles. The molecule has 1 aromatic carbocycles. The zero-order valence-corrected chi connectivity index (χ0v) is 18.1. The molecule has 2 aliphatic heterocycles. The highest BCUT2D eigenvalue weighted by Crippen LogP contribution is 2.34. The van der Waals surface area contributed by atoms with E-state index in [-0.39, 0.29) is 12.6 Å². The lowest BCUT2D eigenvalue weighted by molar-refractivity contribution is -0.139. The molecule has 0 spiro atoms. The van der Waals surface area contributed by atoms with Crippen LogP contribution in [0.5, 0.6) is 5.75 Å². The number of urea groups is 1. The summed E-state index contributed by atoms with van der Waals surface area (Å²) in [6.45, 7) is 8.70. The summed E-state index contributed by atoms with van der Waals surface area (Å²) in [5, 5.41) is 5.76. The van der Waals surface area contributed by atoms with Crippen molar-refractivity contribution in [3.63, 3.8) is 0 Å². The minimum absolute atomic E-state index is 0.262. The summed E-state index contributed by atoms with van der Waals surface area (Å²) in [4.78, 5) is 30.1. The second kappa shape index (κ2) is 10.4. The number of esters is 1. The van der Waals surface area contributed by atoms with E-state index in [0.29, 0.717) is 30.2 Å². The van der Waals surface area contributed by atoms with E-state index in [9.17, 15) is 9.59 Å². The van der Waals surface area contributed by atoms with Gasteiger partial charge in [0.15, 0.2) is 0 Å². The van der Waals surface area contributed by atoms with E-state index >= 15 is 0 Å². The predicted molar refractivity (Wildman–Crippen MR) is 114 cm³/mol. The number of rotatable bonds is 7. The number of carbonyl (C=O) groups is 2. The minimum Gasteiger partial charge on any atom is -0.494 e. The van der Waals surface area contributed by atoms with Crippen molar-refractivity contribution in [2.45, 2.75) is 26.3 Å². The van der Waals surface area contributed by atoms with Crippen LogP contribution in [0, 0.1) is 0 Å². The Kier molecular flexibility index (Phi) is 7.70. The van der Waals surface area contributed by atoms with E-state index < -0.39 is 12.0 Å². The number of hydrogen-bond donors (Lipinski definition) is 2. The predicted octanol–water partition coefficient (Wildman–Crippen LogP) is 1.89. The fourth-order valence-electron chi connectivity index (χ4n) is 3.91. The highest BCUT2D eigenvalue weighted by molar-refractivity contribution is 5.95. The SMILES string of the molecule is CCOC(=O)C1=C(CN2CCCN(C)CC2)NC(=O)NC1c1ccccc1OCC.